The second-order valence-electron chi connectivity index (χ2n) is 6.32. The molecule has 0 saturated heterocycles. The first-order valence-electron chi connectivity index (χ1n) is 8.42. The van der Waals surface area contributed by atoms with Crippen LogP contribution in [0.5, 0.6) is 0 Å². The third-order valence-electron chi connectivity index (χ3n) is 4.29. The lowest BCUT2D eigenvalue weighted by molar-refractivity contribution is -0.127. The van der Waals surface area contributed by atoms with Crippen molar-refractivity contribution in [3.05, 3.63) is 81.3 Å². The number of carbonyl (C=O) groups is 2. The van der Waals surface area contributed by atoms with Gasteiger partial charge in [-0.05, 0) is 40.1 Å². The summed E-state index contributed by atoms with van der Waals surface area (Å²) in [6.45, 7) is 0. The van der Waals surface area contributed by atoms with E-state index in [1.165, 1.54) is 0 Å². The van der Waals surface area contributed by atoms with E-state index in [4.69, 9.17) is 17.3 Å². The zero-order chi connectivity index (χ0) is 19.4. The van der Waals surface area contributed by atoms with E-state index in [9.17, 15) is 9.59 Å². The molecule has 0 aliphatic carbocycles. The van der Waals surface area contributed by atoms with Crippen LogP contribution in [0.1, 0.15) is 11.1 Å². The van der Waals surface area contributed by atoms with Crippen LogP contribution in [0.4, 0.5) is 0 Å². The summed E-state index contributed by atoms with van der Waals surface area (Å²) >= 11 is 9.44. The van der Waals surface area contributed by atoms with Crippen LogP contribution in [-0.4, -0.2) is 17.9 Å². The molecule has 3 N–H and O–H groups in total. The van der Waals surface area contributed by atoms with Crippen molar-refractivity contribution in [2.75, 3.05) is 0 Å². The molecule has 4 nitrogen and oxygen atoms in total. The molecule has 0 aliphatic heterocycles. The molecule has 0 spiro atoms. The third-order valence-corrected chi connectivity index (χ3v) is 5.30. The van der Waals surface area contributed by atoms with Crippen LogP contribution in [0.2, 0.25) is 5.02 Å². The summed E-state index contributed by atoms with van der Waals surface area (Å²) in [7, 11) is 0. The highest BCUT2D eigenvalue weighted by Crippen LogP contribution is 2.22. The van der Waals surface area contributed by atoms with Gasteiger partial charge in [0, 0.05) is 15.9 Å². The van der Waals surface area contributed by atoms with Crippen LogP contribution in [-0.2, 0) is 22.4 Å². The number of nitrogens with one attached hydrogen (secondary N) is 1. The summed E-state index contributed by atoms with van der Waals surface area (Å²) in [6, 6.07) is 18.3. The van der Waals surface area contributed by atoms with Gasteiger partial charge in [-0.25, -0.2) is 0 Å². The minimum atomic E-state index is -0.812. The standard InChI is InChI=1S/C21H18BrClN2O2/c22-18-8-7-17(23)11-16(18)12-19(21(24)27)25-20(26)10-13-5-6-14-3-1-2-4-15(14)9-13/h1-9,11,19H,10,12H2,(H2,24,27)(H,25,26)/t19-/m0/s1. The molecule has 3 aromatic carbocycles. The molecule has 0 saturated carbocycles. The molecule has 1 atom stereocenters. The number of fused-ring (bicyclic) bond motifs is 1. The number of amides is 2. The summed E-state index contributed by atoms with van der Waals surface area (Å²) in [5.74, 6) is -0.846. The maximum atomic E-state index is 12.4. The Kier molecular flexibility index (Phi) is 6.14. The Balaban J connectivity index is 1.71. The van der Waals surface area contributed by atoms with E-state index in [1.807, 2.05) is 42.5 Å². The molecule has 3 aromatic rings. The van der Waals surface area contributed by atoms with Gasteiger partial charge in [0.25, 0.3) is 0 Å². The average Bonchev–Trinajstić information content (AvgIpc) is 2.64. The lowest BCUT2D eigenvalue weighted by atomic mass is 10.0. The number of halogens is 2. The van der Waals surface area contributed by atoms with E-state index in [-0.39, 0.29) is 18.7 Å². The van der Waals surface area contributed by atoms with Crippen molar-refractivity contribution in [3.63, 3.8) is 0 Å². The van der Waals surface area contributed by atoms with Crippen LogP contribution >= 0.6 is 27.5 Å². The molecule has 3 rings (SSSR count). The first kappa shape index (κ1) is 19.4. The van der Waals surface area contributed by atoms with Gasteiger partial charge in [-0.15, -0.1) is 0 Å². The van der Waals surface area contributed by atoms with Crippen molar-refractivity contribution >= 4 is 50.1 Å². The molecular formula is C21H18BrClN2O2. The number of benzene rings is 3. The van der Waals surface area contributed by atoms with Crippen molar-refractivity contribution in [2.24, 2.45) is 5.73 Å². The quantitative estimate of drug-likeness (QED) is 0.602. The number of carbonyl (C=O) groups excluding carboxylic acids is 2. The van der Waals surface area contributed by atoms with Gasteiger partial charge in [-0.2, -0.15) is 0 Å². The number of hydrogen-bond donors (Lipinski definition) is 2. The molecular weight excluding hydrogens is 428 g/mol. The second kappa shape index (κ2) is 8.55. The highest BCUT2D eigenvalue weighted by molar-refractivity contribution is 9.10. The summed E-state index contributed by atoms with van der Waals surface area (Å²) in [5.41, 5.74) is 7.16. The summed E-state index contributed by atoms with van der Waals surface area (Å²) in [6.07, 6.45) is 0.436. The van der Waals surface area contributed by atoms with E-state index >= 15 is 0 Å². The minimum Gasteiger partial charge on any atom is -0.368 e. The maximum absolute atomic E-state index is 12.4. The minimum absolute atomic E-state index is 0.172. The molecule has 0 bridgehead atoms. The third kappa shape index (κ3) is 5.08. The highest BCUT2D eigenvalue weighted by atomic mass is 79.9. The van der Waals surface area contributed by atoms with E-state index in [0.29, 0.717) is 5.02 Å². The van der Waals surface area contributed by atoms with Crippen LogP contribution < -0.4 is 11.1 Å². The number of hydrogen-bond acceptors (Lipinski definition) is 2. The molecule has 0 heterocycles. The van der Waals surface area contributed by atoms with Crippen molar-refractivity contribution in [1.29, 1.82) is 0 Å². The summed E-state index contributed by atoms with van der Waals surface area (Å²) < 4.78 is 0.807. The number of primary amides is 1. The Labute approximate surface area is 170 Å². The average molecular weight is 446 g/mol. The van der Waals surface area contributed by atoms with Gasteiger partial charge < -0.3 is 11.1 Å². The van der Waals surface area contributed by atoms with E-state index in [1.54, 1.807) is 18.2 Å². The fourth-order valence-electron chi connectivity index (χ4n) is 2.92. The normalized spacial score (nSPS) is 11.9. The fourth-order valence-corrected chi connectivity index (χ4v) is 3.53. The zero-order valence-electron chi connectivity index (χ0n) is 14.4. The Bertz CT molecular complexity index is 1010. The lowest BCUT2D eigenvalue weighted by Crippen LogP contribution is -2.46. The van der Waals surface area contributed by atoms with Gasteiger partial charge in [0.2, 0.25) is 11.8 Å². The van der Waals surface area contributed by atoms with Crippen LogP contribution in [0.3, 0.4) is 0 Å². The molecule has 0 aliphatic rings. The predicted molar refractivity (Wildman–Crippen MR) is 112 cm³/mol. The molecule has 138 valence electrons. The van der Waals surface area contributed by atoms with Gasteiger partial charge in [0.15, 0.2) is 0 Å². The first-order chi connectivity index (χ1) is 12.9. The second-order valence-corrected chi connectivity index (χ2v) is 7.61. The van der Waals surface area contributed by atoms with Crippen molar-refractivity contribution in [2.45, 2.75) is 18.9 Å². The van der Waals surface area contributed by atoms with Crippen molar-refractivity contribution in [1.82, 2.24) is 5.32 Å². The van der Waals surface area contributed by atoms with E-state index in [0.717, 1.165) is 26.4 Å². The molecule has 0 radical (unpaired) electrons. The van der Waals surface area contributed by atoms with Crippen molar-refractivity contribution < 1.29 is 9.59 Å². The van der Waals surface area contributed by atoms with Gasteiger partial charge in [-0.1, -0.05) is 70.0 Å². The molecule has 27 heavy (non-hydrogen) atoms. The van der Waals surface area contributed by atoms with Gasteiger partial charge in [0.05, 0.1) is 6.42 Å². The molecule has 2 amide bonds. The van der Waals surface area contributed by atoms with Gasteiger partial charge >= 0.3 is 0 Å². The topological polar surface area (TPSA) is 72.2 Å². The van der Waals surface area contributed by atoms with Gasteiger partial charge in [0.1, 0.15) is 6.04 Å². The monoisotopic (exact) mass is 444 g/mol. The van der Waals surface area contributed by atoms with E-state index in [2.05, 4.69) is 21.2 Å². The Hall–Kier alpha value is -2.37. The maximum Gasteiger partial charge on any atom is 0.240 e. The summed E-state index contributed by atoms with van der Waals surface area (Å²) in [4.78, 5) is 24.3. The molecule has 0 fully saturated rings. The zero-order valence-corrected chi connectivity index (χ0v) is 16.8. The van der Waals surface area contributed by atoms with Crippen LogP contribution in [0.15, 0.2) is 65.1 Å². The summed E-state index contributed by atoms with van der Waals surface area (Å²) in [5, 5.41) is 5.47. The predicted octanol–water partition coefficient (Wildman–Crippen LogP) is 4.01. The van der Waals surface area contributed by atoms with Crippen LogP contribution in [0.25, 0.3) is 10.8 Å². The first-order valence-corrected chi connectivity index (χ1v) is 9.60. The van der Waals surface area contributed by atoms with E-state index < -0.39 is 11.9 Å². The number of rotatable bonds is 6. The van der Waals surface area contributed by atoms with Crippen molar-refractivity contribution in [3.8, 4) is 0 Å². The molecule has 6 heteroatoms. The largest absolute Gasteiger partial charge is 0.368 e. The Morgan fingerprint density at radius 1 is 1.04 bits per heavy atom. The molecule has 0 unspecified atom stereocenters. The SMILES string of the molecule is NC(=O)[C@H](Cc1cc(Cl)ccc1Br)NC(=O)Cc1ccc2ccccc2c1. The smallest absolute Gasteiger partial charge is 0.240 e. The molecule has 0 aromatic heterocycles. The van der Waals surface area contributed by atoms with Crippen LogP contribution in [0, 0.1) is 0 Å². The highest BCUT2D eigenvalue weighted by Gasteiger charge is 2.20. The number of nitrogens with two attached hydrogens (primary N) is 1. The lowest BCUT2D eigenvalue weighted by Gasteiger charge is -2.17. The fraction of sp³-hybridized carbons (Fsp3) is 0.143. The Morgan fingerprint density at radius 2 is 1.78 bits per heavy atom. The van der Waals surface area contributed by atoms with Gasteiger partial charge in [-0.3, -0.25) is 9.59 Å². The Morgan fingerprint density at radius 3 is 2.52 bits per heavy atom.